The average molecular weight is 473 g/mol. The number of hydrogen-bond acceptors (Lipinski definition) is 7. The van der Waals surface area contributed by atoms with Crippen LogP contribution in [-0.2, 0) is 0 Å². The van der Waals surface area contributed by atoms with Crippen molar-refractivity contribution >= 4 is 39.5 Å². The maximum absolute atomic E-state index is 12.9. The summed E-state index contributed by atoms with van der Waals surface area (Å²) in [6.45, 7) is 1.19. The maximum Gasteiger partial charge on any atom is 0.387 e. The molecule has 1 fully saturated rings. The lowest BCUT2D eigenvalue weighted by Crippen LogP contribution is -2.48. The smallest absolute Gasteiger partial charge is 0.387 e. The van der Waals surface area contributed by atoms with Crippen LogP contribution >= 0.6 is 11.3 Å². The van der Waals surface area contributed by atoms with E-state index < -0.39 is 6.61 Å². The van der Waals surface area contributed by atoms with Gasteiger partial charge in [-0.15, -0.1) is 11.3 Å². The first kappa shape index (κ1) is 22.7. The van der Waals surface area contributed by atoms with Gasteiger partial charge in [-0.25, -0.2) is 4.98 Å². The molecule has 1 amide bonds. The Bertz CT molecular complexity index is 1110. The molecule has 2 heterocycles. The minimum atomic E-state index is -2.87. The van der Waals surface area contributed by atoms with Gasteiger partial charge in [0.05, 0.1) is 0 Å². The molecule has 1 N–H and O–H groups in total. The van der Waals surface area contributed by atoms with Crippen LogP contribution in [0.1, 0.15) is 27.8 Å². The summed E-state index contributed by atoms with van der Waals surface area (Å²) in [5.74, 6) is -0.0297. The summed E-state index contributed by atoms with van der Waals surface area (Å²) in [6, 6.07) is 13.6. The number of nitrogens with one attached hydrogen (secondary N) is 1. The highest BCUT2D eigenvalue weighted by Gasteiger charge is 2.24. The molecule has 172 valence electrons. The van der Waals surface area contributed by atoms with Crippen molar-refractivity contribution in [2.24, 2.45) is 0 Å². The van der Waals surface area contributed by atoms with Crippen LogP contribution < -0.4 is 15.0 Å². The number of alkyl halides is 2. The van der Waals surface area contributed by atoms with Gasteiger partial charge in [0.2, 0.25) is 0 Å². The van der Waals surface area contributed by atoms with Crippen LogP contribution in [0.4, 0.5) is 25.3 Å². The van der Waals surface area contributed by atoms with E-state index in [0.717, 1.165) is 5.69 Å². The SMILES string of the molecule is CC(=O)c1ccc(N2CCN(C(=O)c3csc(Nc4ccc(OC(F)F)cc4)n3)CC2)cc1. The highest BCUT2D eigenvalue weighted by molar-refractivity contribution is 7.14. The largest absolute Gasteiger partial charge is 0.435 e. The van der Waals surface area contributed by atoms with Gasteiger partial charge in [-0.2, -0.15) is 8.78 Å². The van der Waals surface area contributed by atoms with E-state index in [2.05, 4.69) is 19.9 Å². The number of halogens is 2. The van der Waals surface area contributed by atoms with E-state index in [1.165, 1.54) is 23.5 Å². The first-order valence-corrected chi connectivity index (χ1v) is 11.2. The fraction of sp³-hybridized carbons (Fsp3) is 0.261. The Morgan fingerprint density at radius 1 is 1.03 bits per heavy atom. The highest BCUT2D eigenvalue weighted by atomic mass is 32.1. The molecule has 1 aliphatic heterocycles. The monoisotopic (exact) mass is 472 g/mol. The van der Waals surface area contributed by atoms with Gasteiger partial charge in [0.1, 0.15) is 11.4 Å². The Morgan fingerprint density at radius 3 is 2.30 bits per heavy atom. The van der Waals surface area contributed by atoms with Crippen LogP contribution in [0, 0.1) is 0 Å². The van der Waals surface area contributed by atoms with Crippen LogP contribution in [0.5, 0.6) is 5.75 Å². The van der Waals surface area contributed by atoms with E-state index in [0.29, 0.717) is 48.3 Å². The molecular formula is C23H22F2N4O3S. The van der Waals surface area contributed by atoms with E-state index >= 15 is 0 Å². The summed E-state index contributed by atoms with van der Waals surface area (Å²) in [5, 5.41) is 5.30. The zero-order chi connectivity index (χ0) is 23.4. The summed E-state index contributed by atoms with van der Waals surface area (Å²) >= 11 is 1.29. The average Bonchev–Trinajstić information content (AvgIpc) is 3.28. The number of rotatable bonds is 7. The van der Waals surface area contributed by atoms with E-state index in [1.807, 2.05) is 24.3 Å². The fourth-order valence-corrected chi connectivity index (χ4v) is 4.21. The van der Waals surface area contributed by atoms with Crippen molar-refractivity contribution in [3.63, 3.8) is 0 Å². The third-order valence-electron chi connectivity index (χ3n) is 5.26. The Hall–Kier alpha value is -3.53. The minimum Gasteiger partial charge on any atom is -0.435 e. The fourth-order valence-electron chi connectivity index (χ4n) is 3.51. The quantitative estimate of drug-likeness (QED) is 0.505. The standard InChI is InChI=1S/C23H22F2N4O3S/c1-15(30)16-2-6-18(7-3-16)28-10-12-29(13-11-28)21(31)20-14-33-23(27-20)26-17-4-8-19(9-5-17)32-22(24)25/h2-9,14,22H,10-13H2,1H3,(H,26,27). The van der Waals surface area contributed by atoms with E-state index in [1.54, 1.807) is 29.3 Å². The Labute approximate surface area is 193 Å². The van der Waals surface area contributed by atoms with Crippen LogP contribution in [0.2, 0.25) is 0 Å². The first-order valence-electron chi connectivity index (χ1n) is 10.3. The van der Waals surface area contributed by atoms with E-state index in [-0.39, 0.29) is 17.4 Å². The van der Waals surface area contributed by atoms with Crippen LogP contribution in [0.3, 0.4) is 0 Å². The third kappa shape index (κ3) is 5.64. The molecule has 1 saturated heterocycles. The number of ether oxygens (including phenoxy) is 1. The molecule has 0 radical (unpaired) electrons. The van der Waals surface area contributed by atoms with Crippen molar-refractivity contribution in [3.8, 4) is 5.75 Å². The van der Waals surface area contributed by atoms with Gasteiger partial charge in [-0.1, -0.05) is 0 Å². The van der Waals surface area contributed by atoms with Crippen molar-refractivity contribution < 1.29 is 23.1 Å². The number of benzene rings is 2. The highest BCUT2D eigenvalue weighted by Crippen LogP contribution is 2.25. The molecule has 3 aromatic rings. The van der Waals surface area contributed by atoms with Gasteiger partial charge in [-0.3, -0.25) is 9.59 Å². The Kier molecular flexibility index (Phi) is 6.83. The topological polar surface area (TPSA) is 74.8 Å². The van der Waals surface area contributed by atoms with E-state index in [9.17, 15) is 18.4 Å². The lowest BCUT2D eigenvalue weighted by molar-refractivity contribution is -0.0498. The molecule has 0 saturated carbocycles. The predicted octanol–water partition coefficient (Wildman–Crippen LogP) is 4.65. The number of carbonyl (C=O) groups excluding carboxylic acids is 2. The maximum atomic E-state index is 12.9. The van der Waals surface area contributed by atoms with Crippen molar-refractivity contribution in [2.45, 2.75) is 13.5 Å². The zero-order valence-corrected chi connectivity index (χ0v) is 18.6. The summed E-state index contributed by atoms with van der Waals surface area (Å²) in [5.41, 5.74) is 2.71. The number of nitrogens with zero attached hydrogens (tertiary/aromatic N) is 3. The Morgan fingerprint density at radius 2 is 1.70 bits per heavy atom. The second kappa shape index (κ2) is 9.95. The van der Waals surface area contributed by atoms with Gasteiger partial charge >= 0.3 is 6.61 Å². The number of ketones is 1. The summed E-state index contributed by atoms with van der Waals surface area (Å²) < 4.78 is 28.8. The van der Waals surface area contributed by atoms with Crippen molar-refractivity contribution in [3.05, 3.63) is 65.2 Å². The normalized spacial score (nSPS) is 13.8. The second-order valence-electron chi connectivity index (χ2n) is 7.45. The van der Waals surface area contributed by atoms with Crippen LogP contribution in [0.15, 0.2) is 53.9 Å². The second-order valence-corrected chi connectivity index (χ2v) is 8.31. The van der Waals surface area contributed by atoms with Crippen molar-refractivity contribution in [2.75, 3.05) is 36.4 Å². The van der Waals surface area contributed by atoms with Crippen molar-refractivity contribution in [1.29, 1.82) is 0 Å². The first-order chi connectivity index (χ1) is 15.9. The number of thiazole rings is 1. The molecule has 1 aliphatic rings. The number of hydrogen-bond donors (Lipinski definition) is 1. The summed E-state index contributed by atoms with van der Waals surface area (Å²) in [4.78, 5) is 32.6. The Balaban J connectivity index is 1.32. The zero-order valence-electron chi connectivity index (χ0n) is 17.8. The van der Waals surface area contributed by atoms with Crippen LogP contribution in [-0.4, -0.2) is 54.4 Å². The number of piperazine rings is 1. The van der Waals surface area contributed by atoms with Crippen LogP contribution in [0.25, 0.3) is 0 Å². The molecule has 4 rings (SSSR count). The van der Waals surface area contributed by atoms with Gasteiger partial charge in [0.15, 0.2) is 10.9 Å². The number of carbonyl (C=O) groups is 2. The summed E-state index contributed by atoms with van der Waals surface area (Å²) in [7, 11) is 0. The number of anilines is 3. The lowest BCUT2D eigenvalue weighted by Gasteiger charge is -2.35. The third-order valence-corrected chi connectivity index (χ3v) is 6.02. The number of amides is 1. The lowest BCUT2D eigenvalue weighted by atomic mass is 10.1. The summed E-state index contributed by atoms with van der Waals surface area (Å²) in [6.07, 6.45) is 0. The number of Topliss-reactive ketones (excluding diaryl/α,β-unsaturated/α-hetero) is 1. The predicted molar refractivity (Wildman–Crippen MR) is 123 cm³/mol. The van der Waals surface area contributed by atoms with Gasteiger partial charge in [0, 0.05) is 48.5 Å². The molecule has 33 heavy (non-hydrogen) atoms. The van der Waals surface area contributed by atoms with E-state index in [4.69, 9.17) is 0 Å². The molecule has 0 unspecified atom stereocenters. The van der Waals surface area contributed by atoms with Crippen molar-refractivity contribution in [1.82, 2.24) is 9.88 Å². The molecule has 0 spiro atoms. The molecule has 2 aromatic carbocycles. The molecule has 0 bridgehead atoms. The molecular weight excluding hydrogens is 450 g/mol. The van der Waals surface area contributed by atoms with Gasteiger partial charge in [0.25, 0.3) is 5.91 Å². The number of aromatic nitrogens is 1. The van der Waals surface area contributed by atoms with Gasteiger partial charge in [-0.05, 0) is 55.5 Å². The molecule has 7 nitrogen and oxygen atoms in total. The molecule has 0 atom stereocenters. The molecule has 0 aliphatic carbocycles. The van der Waals surface area contributed by atoms with Gasteiger partial charge < -0.3 is 19.9 Å². The molecule has 1 aromatic heterocycles. The molecule has 10 heteroatoms. The minimum absolute atomic E-state index is 0.0341.